The van der Waals surface area contributed by atoms with Crippen molar-refractivity contribution in [1.82, 2.24) is 0 Å². The number of benzene rings is 1. The summed E-state index contributed by atoms with van der Waals surface area (Å²) < 4.78 is 0. The van der Waals surface area contributed by atoms with Gasteiger partial charge in [0, 0.05) is 11.3 Å². The molecule has 0 aliphatic carbocycles. The second-order valence-corrected chi connectivity index (χ2v) is 2.96. The molecule has 0 aliphatic heterocycles. The van der Waals surface area contributed by atoms with Gasteiger partial charge in [-0.15, -0.1) is 0 Å². The van der Waals surface area contributed by atoms with Crippen molar-refractivity contribution in [3.63, 3.8) is 0 Å². The molecule has 2 nitrogen and oxygen atoms in total. The number of aryl methyl sites for hydroxylation is 1. The number of carbonyl (C=O) groups excluding carboxylic acids is 1. The summed E-state index contributed by atoms with van der Waals surface area (Å²) in [5.74, 6) is 0.743. The molecular weight excluding hydrogens is 170 g/mol. The van der Waals surface area contributed by atoms with E-state index in [9.17, 15) is 4.79 Å². The molecule has 0 amide bonds. The number of anilines is 1. The van der Waals surface area contributed by atoms with E-state index in [4.69, 9.17) is 5.73 Å². The Bertz CT molecular complexity index is 286. The molecule has 0 radical (unpaired) electrons. The Balaban J connectivity index is 3.04. The molecule has 1 aromatic rings. The van der Waals surface area contributed by atoms with Crippen molar-refractivity contribution in [1.29, 1.82) is 0 Å². The molecule has 0 saturated heterocycles. The number of hydrogen-bond acceptors (Lipinski definition) is 3. The monoisotopic (exact) mass is 181 g/mol. The zero-order chi connectivity index (χ0) is 8.97. The van der Waals surface area contributed by atoms with Gasteiger partial charge in [-0.05, 0) is 23.8 Å². The standard InChI is InChI=1S/C9H11NOS/c10-9-7(4-5-12)2-1-3-8(9)6-11/h1-3,6,12H,4-5,10H2. The Morgan fingerprint density at radius 1 is 1.50 bits per heavy atom. The minimum absolute atomic E-state index is 0.564. The zero-order valence-electron chi connectivity index (χ0n) is 6.66. The molecule has 0 saturated carbocycles. The molecule has 1 rings (SSSR count). The lowest BCUT2D eigenvalue weighted by atomic mass is 10.1. The van der Waals surface area contributed by atoms with Crippen LogP contribution in [0.1, 0.15) is 15.9 Å². The molecule has 0 heterocycles. The fourth-order valence-electron chi connectivity index (χ4n) is 1.07. The van der Waals surface area contributed by atoms with E-state index in [1.165, 1.54) is 0 Å². The highest BCUT2D eigenvalue weighted by Crippen LogP contribution is 2.16. The van der Waals surface area contributed by atoms with Gasteiger partial charge < -0.3 is 5.73 Å². The second-order valence-electron chi connectivity index (χ2n) is 2.51. The lowest BCUT2D eigenvalue weighted by molar-refractivity contribution is 0.112. The number of nitrogen functional groups attached to an aromatic ring is 1. The molecule has 0 fully saturated rings. The molecule has 1 aromatic carbocycles. The van der Waals surface area contributed by atoms with Crippen LogP contribution in [0.15, 0.2) is 18.2 Å². The number of thiol groups is 1. The van der Waals surface area contributed by atoms with Crippen LogP contribution < -0.4 is 5.73 Å². The first-order valence-corrected chi connectivity index (χ1v) is 4.36. The van der Waals surface area contributed by atoms with Crippen LogP contribution in [0.2, 0.25) is 0 Å². The Hall–Kier alpha value is -0.960. The molecule has 0 spiro atoms. The summed E-state index contributed by atoms with van der Waals surface area (Å²) in [5, 5.41) is 0. The van der Waals surface area contributed by atoms with Crippen molar-refractivity contribution >= 4 is 24.6 Å². The first-order chi connectivity index (χ1) is 5.79. The molecule has 2 N–H and O–H groups in total. The molecule has 0 bridgehead atoms. The summed E-state index contributed by atoms with van der Waals surface area (Å²) in [4.78, 5) is 10.5. The molecule has 0 atom stereocenters. The van der Waals surface area contributed by atoms with Crippen molar-refractivity contribution in [3.05, 3.63) is 29.3 Å². The van der Waals surface area contributed by atoms with E-state index in [0.29, 0.717) is 11.3 Å². The van der Waals surface area contributed by atoms with Crippen LogP contribution >= 0.6 is 12.6 Å². The van der Waals surface area contributed by atoms with Gasteiger partial charge in [0.05, 0.1) is 0 Å². The summed E-state index contributed by atoms with van der Waals surface area (Å²) in [6.45, 7) is 0. The first kappa shape index (κ1) is 9.13. The van der Waals surface area contributed by atoms with E-state index in [2.05, 4.69) is 12.6 Å². The maximum absolute atomic E-state index is 10.5. The third-order valence-corrected chi connectivity index (χ3v) is 1.96. The average Bonchev–Trinajstić information content (AvgIpc) is 2.09. The fraction of sp³-hybridized carbons (Fsp3) is 0.222. The highest BCUT2D eigenvalue weighted by Gasteiger charge is 2.01. The minimum atomic E-state index is 0.564. The SMILES string of the molecule is Nc1c(C=O)cccc1CCS. The lowest BCUT2D eigenvalue weighted by Gasteiger charge is -2.04. The molecule has 64 valence electrons. The topological polar surface area (TPSA) is 43.1 Å². The quantitative estimate of drug-likeness (QED) is 0.422. The average molecular weight is 181 g/mol. The van der Waals surface area contributed by atoms with Gasteiger partial charge in [-0.25, -0.2) is 0 Å². The van der Waals surface area contributed by atoms with Crippen LogP contribution in [0.25, 0.3) is 0 Å². The minimum Gasteiger partial charge on any atom is -0.398 e. The van der Waals surface area contributed by atoms with Crippen LogP contribution in [0.3, 0.4) is 0 Å². The first-order valence-electron chi connectivity index (χ1n) is 3.73. The Morgan fingerprint density at radius 2 is 2.25 bits per heavy atom. The van der Waals surface area contributed by atoms with Crippen LogP contribution in [-0.2, 0) is 6.42 Å². The summed E-state index contributed by atoms with van der Waals surface area (Å²) in [6, 6.07) is 5.46. The summed E-state index contributed by atoms with van der Waals surface area (Å²) in [7, 11) is 0. The lowest BCUT2D eigenvalue weighted by Crippen LogP contribution is -1.99. The van der Waals surface area contributed by atoms with Crippen LogP contribution in [0, 0.1) is 0 Å². The number of nitrogens with two attached hydrogens (primary N) is 1. The highest BCUT2D eigenvalue weighted by molar-refractivity contribution is 7.80. The van der Waals surface area contributed by atoms with Crippen LogP contribution in [0.5, 0.6) is 0 Å². The van der Waals surface area contributed by atoms with Crippen molar-refractivity contribution in [2.75, 3.05) is 11.5 Å². The number of hydrogen-bond donors (Lipinski definition) is 2. The molecule has 0 aromatic heterocycles. The normalized spacial score (nSPS) is 9.75. The maximum atomic E-state index is 10.5. The van der Waals surface area contributed by atoms with Crippen molar-refractivity contribution < 1.29 is 4.79 Å². The molecule has 0 aliphatic rings. The number of aldehydes is 1. The summed E-state index contributed by atoms with van der Waals surface area (Å²) in [6.07, 6.45) is 1.58. The van der Waals surface area contributed by atoms with Gasteiger partial charge in [0.2, 0.25) is 0 Å². The Morgan fingerprint density at radius 3 is 2.83 bits per heavy atom. The van der Waals surface area contributed by atoms with Gasteiger partial charge in [-0.1, -0.05) is 12.1 Å². The smallest absolute Gasteiger partial charge is 0.152 e. The predicted octanol–water partition coefficient (Wildman–Crippen LogP) is 1.55. The van der Waals surface area contributed by atoms with Crippen molar-refractivity contribution in [2.45, 2.75) is 6.42 Å². The van der Waals surface area contributed by atoms with Crippen LogP contribution in [-0.4, -0.2) is 12.0 Å². The molecule has 0 unspecified atom stereocenters. The van der Waals surface area contributed by atoms with Gasteiger partial charge in [-0.2, -0.15) is 12.6 Å². The third kappa shape index (κ3) is 1.80. The largest absolute Gasteiger partial charge is 0.398 e. The van der Waals surface area contributed by atoms with Crippen molar-refractivity contribution in [3.8, 4) is 0 Å². The van der Waals surface area contributed by atoms with Crippen molar-refractivity contribution in [2.24, 2.45) is 0 Å². The van der Waals surface area contributed by atoms with E-state index in [-0.39, 0.29) is 0 Å². The number of carbonyl (C=O) groups is 1. The molecular formula is C9H11NOS. The van der Waals surface area contributed by atoms with Gasteiger partial charge in [0.25, 0.3) is 0 Å². The van der Waals surface area contributed by atoms with E-state index < -0.39 is 0 Å². The Labute approximate surface area is 77.2 Å². The summed E-state index contributed by atoms with van der Waals surface area (Å²) in [5.41, 5.74) is 7.86. The van der Waals surface area contributed by atoms with Gasteiger partial charge in [-0.3, -0.25) is 4.79 Å². The maximum Gasteiger partial charge on any atom is 0.152 e. The molecule has 12 heavy (non-hydrogen) atoms. The van der Waals surface area contributed by atoms with Crippen LogP contribution in [0.4, 0.5) is 5.69 Å². The highest BCUT2D eigenvalue weighted by atomic mass is 32.1. The predicted molar refractivity (Wildman–Crippen MR) is 53.8 cm³/mol. The van der Waals surface area contributed by atoms with Gasteiger partial charge >= 0.3 is 0 Å². The fourth-order valence-corrected chi connectivity index (χ4v) is 1.32. The van der Waals surface area contributed by atoms with Gasteiger partial charge in [0.1, 0.15) is 0 Å². The number of para-hydroxylation sites is 1. The van der Waals surface area contributed by atoms with E-state index in [1.807, 2.05) is 12.1 Å². The van der Waals surface area contributed by atoms with E-state index >= 15 is 0 Å². The Kier molecular flexibility index (Phi) is 3.17. The molecule has 3 heteroatoms. The summed E-state index contributed by atoms with van der Waals surface area (Å²) >= 11 is 4.10. The number of rotatable bonds is 3. The van der Waals surface area contributed by atoms with Gasteiger partial charge in [0.15, 0.2) is 6.29 Å². The third-order valence-electron chi connectivity index (χ3n) is 1.74. The zero-order valence-corrected chi connectivity index (χ0v) is 7.55. The second kappa shape index (κ2) is 4.16. The van der Waals surface area contributed by atoms with E-state index in [0.717, 1.165) is 24.0 Å². The van der Waals surface area contributed by atoms with E-state index in [1.54, 1.807) is 6.07 Å².